The lowest BCUT2D eigenvalue weighted by Gasteiger charge is -2.30. The molecule has 0 bridgehead atoms. The first-order valence-corrected chi connectivity index (χ1v) is 6.90. The molecule has 3 nitrogen and oxygen atoms in total. The minimum atomic E-state index is 0.542. The van der Waals surface area contributed by atoms with Crippen LogP contribution in [0.15, 0.2) is 0 Å². The molecule has 0 spiro atoms. The van der Waals surface area contributed by atoms with Gasteiger partial charge in [0.1, 0.15) is 0 Å². The zero-order chi connectivity index (χ0) is 13.0. The molecule has 0 amide bonds. The summed E-state index contributed by atoms with van der Waals surface area (Å²) in [5.41, 5.74) is 0. The molecule has 0 saturated carbocycles. The van der Waals surface area contributed by atoms with Crippen LogP contribution in [0.3, 0.4) is 0 Å². The molecule has 3 rings (SSSR count). The molecule has 3 fully saturated rings. The summed E-state index contributed by atoms with van der Waals surface area (Å²) < 4.78 is 15.1. The molecule has 6 atom stereocenters. The maximum Gasteiger partial charge on any atom is 0.0836 e. The Labute approximate surface area is 106 Å². The van der Waals surface area contributed by atoms with Gasteiger partial charge in [0.15, 0.2) is 0 Å². The van der Waals surface area contributed by atoms with E-state index in [1.807, 2.05) is 0 Å². The van der Waals surface area contributed by atoms with Crippen LogP contribution in [-0.4, -0.2) is 36.6 Å². The molecule has 102 valence electrons. The highest BCUT2D eigenvalue weighted by molar-refractivity contribution is 4.77. The summed E-state index contributed by atoms with van der Waals surface area (Å²) in [6.07, 6.45) is 5.78. The fourth-order valence-corrected chi connectivity index (χ4v) is 1.80. The summed E-state index contributed by atoms with van der Waals surface area (Å²) in [5, 5.41) is 0. The molecule has 0 aromatic rings. The van der Waals surface area contributed by atoms with Gasteiger partial charge in [-0.05, 0) is 47.5 Å². The van der Waals surface area contributed by atoms with Gasteiger partial charge in [0.05, 0.1) is 36.6 Å². The fraction of sp³-hybridized carbons (Fsp3) is 1.00. The average Bonchev–Trinajstić information content (AvgIpc) is 3.09. The van der Waals surface area contributed by atoms with Gasteiger partial charge in [-0.2, -0.15) is 0 Å². The highest BCUT2D eigenvalue weighted by atomic mass is 16.6. The zero-order valence-electron chi connectivity index (χ0n) is 12.1. The Balaban J connectivity index is 0.000000128. The number of hydrogen-bond acceptors (Lipinski definition) is 3. The fourth-order valence-electron chi connectivity index (χ4n) is 1.80. The van der Waals surface area contributed by atoms with Crippen LogP contribution >= 0.6 is 0 Å². The van der Waals surface area contributed by atoms with Crippen molar-refractivity contribution in [3.8, 4) is 0 Å². The molecule has 3 aliphatic heterocycles. The monoisotopic (exact) mass is 244 g/mol. The van der Waals surface area contributed by atoms with Gasteiger partial charge in [-0.1, -0.05) is 6.92 Å². The lowest BCUT2D eigenvalue weighted by molar-refractivity contribution is -0.102. The third-order valence-electron chi connectivity index (χ3n) is 3.38. The summed E-state index contributed by atoms with van der Waals surface area (Å²) in [6.45, 7) is 12.6. The average molecular weight is 244 g/mol. The first kappa shape index (κ1) is 14.9. The SMILES string of the molecule is CC1CC(C)O1.CC1OC1C.CCC1OC1C. The summed E-state index contributed by atoms with van der Waals surface area (Å²) >= 11 is 0. The molecular formula is C14H28O3. The Morgan fingerprint density at radius 1 is 0.765 bits per heavy atom. The smallest absolute Gasteiger partial charge is 0.0836 e. The molecule has 3 saturated heterocycles. The summed E-state index contributed by atoms with van der Waals surface area (Å²) in [6, 6.07) is 0. The lowest BCUT2D eigenvalue weighted by atomic mass is 10.1. The van der Waals surface area contributed by atoms with Gasteiger partial charge < -0.3 is 14.2 Å². The Morgan fingerprint density at radius 2 is 1.12 bits per heavy atom. The van der Waals surface area contributed by atoms with Crippen LogP contribution in [0, 0.1) is 0 Å². The largest absolute Gasteiger partial charge is 0.375 e. The maximum absolute atomic E-state index is 5.14. The van der Waals surface area contributed by atoms with Crippen LogP contribution in [-0.2, 0) is 14.2 Å². The second-order valence-corrected chi connectivity index (χ2v) is 5.33. The van der Waals surface area contributed by atoms with Crippen LogP contribution in [0.1, 0.15) is 54.4 Å². The molecule has 0 aromatic heterocycles. The van der Waals surface area contributed by atoms with E-state index >= 15 is 0 Å². The summed E-state index contributed by atoms with van der Waals surface area (Å²) in [4.78, 5) is 0. The van der Waals surface area contributed by atoms with Gasteiger partial charge in [-0.3, -0.25) is 0 Å². The number of hydrogen-bond donors (Lipinski definition) is 0. The van der Waals surface area contributed by atoms with Crippen molar-refractivity contribution in [3.05, 3.63) is 0 Å². The van der Waals surface area contributed by atoms with Crippen molar-refractivity contribution in [2.75, 3.05) is 0 Å². The van der Waals surface area contributed by atoms with E-state index in [9.17, 15) is 0 Å². The van der Waals surface area contributed by atoms with Crippen molar-refractivity contribution in [2.45, 2.75) is 91.0 Å². The van der Waals surface area contributed by atoms with E-state index in [4.69, 9.17) is 14.2 Å². The maximum atomic E-state index is 5.14. The first-order valence-electron chi connectivity index (χ1n) is 6.90. The molecular weight excluding hydrogens is 216 g/mol. The van der Waals surface area contributed by atoms with Crippen LogP contribution in [0.2, 0.25) is 0 Å². The van der Waals surface area contributed by atoms with E-state index < -0.39 is 0 Å². The lowest BCUT2D eigenvalue weighted by Crippen LogP contribution is -2.31. The third kappa shape index (κ3) is 6.39. The van der Waals surface area contributed by atoms with E-state index in [2.05, 4.69) is 41.5 Å². The van der Waals surface area contributed by atoms with E-state index in [1.54, 1.807) is 0 Å². The summed E-state index contributed by atoms with van der Waals surface area (Å²) in [5.74, 6) is 0. The predicted octanol–water partition coefficient (Wildman–Crippen LogP) is 3.16. The van der Waals surface area contributed by atoms with E-state index in [-0.39, 0.29) is 0 Å². The topological polar surface area (TPSA) is 34.3 Å². The molecule has 6 unspecified atom stereocenters. The van der Waals surface area contributed by atoms with Gasteiger partial charge in [0.2, 0.25) is 0 Å². The molecule has 0 aliphatic carbocycles. The van der Waals surface area contributed by atoms with Crippen molar-refractivity contribution in [1.29, 1.82) is 0 Å². The second kappa shape index (κ2) is 6.72. The number of ether oxygens (including phenoxy) is 3. The molecule has 3 aliphatic rings. The van der Waals surface area contributed by atoms with Crippen molar-refractivity contribution in [3.63, 3.8) is 0 Å². The van der Waals surface area contributed by atoms with Gasteiger partial charge in [-0.25, -0.2) is 0 Å². The Bertz CT molecular complexity index is 200. The van der Waals surface area contributed by atoms with Crippen LogP contribution < -0.4 is 0 Å². The van der Waals surface area contributed by atoms with E-state index in [1.165, 1.54) is 12.8 Å². The summed E-state index contributed by atoms with van der Waals surface area (Å²) in [7, 11) is 0. The zero-order valence-corrected chi connectivity index (χ0v) is 12.1. The number of epoxide rings is 2. The molecule has 0 aromatic carbocycles. The Hall–Kier alpha value is -0.120. The normalized spacial score (nSPS) is 45.5. The van der Waals surface area contributed by atoms with Crippen molar-refractivity contribution < 1.29 is 14.2 Å². The van der Waals surface area contributed by atoms with Crippen molar-refractivity contribution >= 4 is 0 Å². The van der Waals surface area contributed by atoms with Gasteiger partial charge in [-0.15, -0.1) is 0 Å². The van der Waals surface area contributed by atoms with E-state index in [0.717, 1.165) is 0 Å². The van der Waals surface area contributed by atoms with Crippen molar-refractivity contribution in [2.24, 2.45) is 0 Å². The third-order valence-corrected chi connectivity index (χ3v) is 3.38. The molecule has 0 N–H and O–H groups in total. The van der Waals surface area contributed by atoms with Gasteiger partial charge in [0, 0.05) is 0 Å². The quantitative estimate of drug-likeness (QED) is 0.664. The predicted molar refractivity (Wildman–Crippen MR) is 69.3 cm³/mol. The highest BCUT2D eigenvalue weighted by Crippen LogP contribution is 2.23. The Kier molecular flexibility index (Phi) is 5.90. The first-order chi connectivity index (χ1) is 7.93. The standard InChI is InChI=1S/2C5H10O.C4H8O/c1-4-3-5(2)6-4;1-3-5-4(2)6-5;1-3-4(2)5-3/h2*4-5H,3H2,1-2H3;3-4H,1-2H3. The molecule has 3 heterocycles. The van der Waals surface area contributed by atoms with Crippen molar-refractivity contribution in [1.82, 2.24) is 0 Å². The second-order valence-electron chi connectivity index (χ2n) is 5.33. The minimum Gasteiger partial charge on any atom is -0.375 e. The Morgan fingerprint density at radius 3 is 1.12 bits per heavy atom. The van der Waals surface area contributed by atoms with Crippen LogP contribution in [0.5, 0.6) is 0 Å². The highest BCUT2D eigenvalue weighted by Gasteiger charge is 2.31. The van der Waals surface area contributed by atoms with Crippen LogP contribution in [0.25, 0.3) is 0 Å². The number of rotatable bonds is 1. The van der Waals surface area contributed by atoms with E-state index in [0.29, 0.717) is 36.6 Å². The van der Waals surface area contributed by atoms with Crippen LogP contribution in [0.4, 0.5) is 0 Å². The molecule has 3 heteroatoms. The van der Waals surface area contributed by atoms with Gasteiger partial charge in [0.25, 0.3) is 0 Å². The minimum absolute atomic E-state index is 0.542. The molecule has 0 radical (unpaired) electrons. The van der Waals surface area contributed by atoms with Gasteiger partial charge >= 0.3 is 0 Å². The molecule has 17 heavy (non-hydrogen) atoms.